The van der Waals surface area contributed by atoms with Crippen molar-refractivity contribution in [1.29, 1.82) is 0 Å². The third kappa shape index (κ3) is 26.0. The van der Waals surface area contributed by atoms with Gasteiger partial charge in [-0.15, -0.1) is 0 Å². The van der Waals surface area contributed by atoms with E-state index in [2.05, 4.69) is 13.8 Å². The molecule has 0 aliphatic carbocycles. The number of rotatable bonds is 28. The number of ether oxygens (including phenoxy) is 2. The van der Waals surface area contributed by atoms with Crippen LogP contribution in [0.1, 0.15) is 168 Å². The molecular weight excluding hydrogens is 452 g/mol. The van der Waals surface area contributed by atoms with Crippen molar-refractivity contribution in [2.75, 3.05) is 13.2 Å². The highest BCUT2D eigenvalue weighted by atomic mass is 16.6. The second-order valence-corrected chi connectivity index (χ2v) is 10.5. The molecule has 0 amide bonds. The number of aliphatic hydroxyl groups is 1. The van der Waals surface area contributed by atoms with Gasteiger partial charge in [0.25, 0.3) is 0 Å². The Bertz CT molecular complexity index is 480. The molecule has 36 heavy (non-hydrogen) atoms. The topological polar surface area (TPSA) is 72.8 Å². The lowest BCUT2D eigenvalue weighted by Crippen LogP contribution is -2.28. The summed E-state index contributed by atoms with van der Waals surface area (Å²) in [5.74, 6) is -0.587. The van der Waals surface area contributed by atoms with Gasteiger partial charge in [0, 0.05) is 12.8 Å². The Hall–Kier alpha value is -1.10. The minimum absolute atomic E-state index is 0.0584. The minimum atomic E-state index is -0.758. The van der Waals surface area contributed by atoms with Crippen LogP contribution in [0.3, 0.4) is 0 Å². The van der Waals surface area contributed by atoms with Gasteiger partial charge in [0.2, 0.25) is 0 Å². The van der Waals surface area contributed by atoms with Crippen molar-refractivity contribution in [1.82, 2.24) is 0 Å². The molecule has 0 aromatic heterocycles. The lowest BCUT2D eigenvalue weighted by Gasteiger charge is -2.15. The van der Waals surface area contributed by atoms with Gasteiger partial charge in [-0.2, -0.15) is 0 Å². The van der Waals surface area contributed by atoms with Gasteiger partial charge in [0.05, 0.1) is 6.61 Å². The van der Waals surface area contributed by atoms with Gasteiger partial charge in [-0.05, 0) is 12.8 Å². The molecule has 214 valence electrons. The van der Waals surface area contributed by atoms with E-state index in [0.29, 0.717) is 12.8 Å². The molecule has 0 bridgehead atoms. The van der Waals surface area contributed by atoms with Crippen LogP contribution < -0.4 is 0 Å². The van der Waals surface area contributed by atoms with Crippen LogP contribution >= 0.6 is 0 Å². The highest BCUT2D eigenvalue weighted by molar-refractivity contribution is 5.70. The van der Waals surface area contributed by atoms with E-state index in [-0.39, 0.29) is 25.2 Å². The van der Waals surface area contributed by atoms with Gasteiger partial charge in [-0.3, -0.25) is 9.59 Å². The Balaban J connectivity index is 3.56. The Morgan fingerprint density at radius 1 is 0.528 bits per heavy atom. The van der Waals surface area contributed by atoms with E-state index >= 15 is 0 Å². The Labute approximate surface area is 223 Å². The molecule has 0 fully saturated rings. The van der Waals surface area contributed by atoms with Crippen molar-refractivity contribution in [3.63, 3.8) is 0 Å². The molecule has 0 saturated heterocycles. The molecule has 0 radical (unpaired) electrons. The Morgan fingerprint density at radius 3 is 1.22 bits per heavy atom. The maximum absolute atomic E-state index is 12.0. The highest BCUT2D eigenvalue weighted by Crippen LogP contribution is 2.14. The molecule has 5 nitrogen and oxygen atoms in total. The Morgan fingerprint density at radius 2 is 0.861 bits per heavy atom. The molecule has 0 aromatic rings. The fraction of sp³-hybridized carbons (Fsp3) is 0.935. The van der Waals surface area contributed by atoms with Gasteiger partial charge in [0.1, 0.15) is 6.61 Å². The normalized spacial score (nSPS) is 12.0. The van der Waals surface area contributed by atoms with Crippen molar-refractivity contribution < 1.29 is 24.2 Å². The van der Waals surface area contributed by atoms with Crippen LogP contribution in [0.4, 0.5) is 0 Å². The third-order valence-electron chi connectivity index (χ3n) is 6.90. The summed E-state index contributed by atoms with van der Waals surface area (Å²) in [5.41, 5.74) is 0. The van der Waals surface area contributed by atoms with Crippen molar-refractivity contribution in [2.45, 2.75) is 174 Å². The zero-order valence-corrected chi connectivity index (χ0v) is 24.0. The van der Waals surface area contributed by atoms with Gasteiger partial charge in [0.15, 0.2) is 6.10 Å². The first kappa shape index (κ1) is 34.9. The van der Waals surface area contributed by atoms with Crippen LogP contribution in [0.2, 0.25) is 0 Å². The van der Waals surface area contributed by atoms with Crippen LogP contribution in [-0.2, 0) is 19.1 Å². The highest BCUT2D eigenvalue weighted by Gasteiger charge is 2.16. The maximum atomic E-state index is 12.0. The minimum Gasteiger partial charge on any atom is -0.462 e. The number of hydrogen-bond acceptors (Lipinski definition) is 5. The van der Waals surface area contributed by atoms with Crippen LogP contribution in [0, 0.1) is 0 Å². The fourth-order valence-corrected chi connectivity index (χ4v) is 4.49. The van der Waals surface area contributed by atoms with E-state index in [1.165, 1.54) is 103 Å². The quantitative estimate of drug-likeness (QED) is 0.0837. The lowest BCUT2D eigenvalue weighted by atomic mass is 10.0. The monoisotopic (exact) mass is 512 g/mol. The zero-order chi connectivity index (χ0) is 26.5. The third-order valence-corrected chi connectivity index (χ3v) is 6.90. The van der Waals surface area contributed by atoms with Crippen molar-refractivity contribution in [2.24, 2.45) is 0 Å². The van der Waals surface area contributed by atoms with Crippen LogP contribution in [-0.4, -0.2) is 36.4 Å². The van der Waals surface area contributed by atoms with Gasteiger partial charge < -0.3 is 14.6 Å². The first-order valence-electron chi connectivity index (χ1n) is 15.6. The summed E-state index contributed by atoms with van der Waals surface area (Å²) in [6, 6.07) is 0. The fourth-order valence-electron chi connectivity index (χ4n) is 4.49. The van der Waals surface area contributed by atoms with E-state index in [1.54, 1.807) is 0 Å². The predicted octanol–water partition coefficient (Wildman–Crippen LogP) is 8.84. The number of esters is 2. The summed E-state index contributed by atoms with van der Waals surface area (Å²) in [5, 5.41) is 9.45. The summed E-state index contributed by atoms with van der Waals surface area (Å²) in [6.07, 6.45) is 27.2. The average Bonchev–Trinajstić information content (AvgIpc) is 2.88. The second-order valence-electron chi connectivity index (χ2n) is 10.5. The molecule has 0 spiro atoms. The SMILES string of the molecule is CCCCCCCCCCCCCCCC(=O)OC(CO)COC(=O)CCCCCCCCCCC. The molecule has 0 aromatic carbocycles. The number of hydrogen-bond donors (Lipinski definition) is 1. The predicted molar refractivity (Wildman–Crippen MR) is 150 cm³/mol. The molecule has 5 heteroatoms. The molecule has 0 aliphatic rings. The van der Waals surface area contributed by atoms with Gasteiger partial charge in [-0.1, -0.05) is 142 Å². The van der Waals surface area contributed by atoms with Crippen LogP contribution in [0.5, 0.6) is 0 Å². The average molecular weight is 513 g/mol. The van der Waals surface area contributed by atoms with E-state index < -0.39 is 6.10 Å². The molecular formula is C31H60O5. The van der Waals surface area contributed by atoms with Crippen LogP contribution in [0.25, 0.3) is 0 Å². The largest absolute Gasteiger partial charge is 0.462 e. The van der Waals surface area contributed by atoms with Crippen molar-refractivity contribution in [3.05, 3.63) is 0 Å². The molecule has 0 saturated carbocycles. The van der Waals surface area contributed by atoms with Gasteiger partial charge in [-0.25, -0.2) is 0 Å². The summed E-state index contributed by atoms with van der Waals surface area (Å²) < 4.78 is 10.5. The zero-order valence-electron chi connectivity index (χ0n) is 24.0. The lowest BCUT2D eigenvalue weighted by molar-refractivity contribution is -0.161. The maximum Gasteiger partial charge on any atom is 0.306 e. The first-order chi connectivity index (χ1) is 17.6. The summed E-state index contributed by atoms with van der Waals surface area (Å²) in [4.78, 5) is 24.0. The molecule has 0 rings (SSSR count). The molecule has 0 heterocycles. The van der Waals surface area contributed by atoms with Crippen molar-refractivity contribution >= 4 is 11.9 Å². The second kappa shape index (κ2) is 28.5. The molecule has 1 N–H and O–H groups in total. The summed E-state index contributed by atoms with van der Waals surface area (Å²) in [7, 11) is 0. The smallest absolute Gasteiger partial charge is 0.306 e. The van der Waals surface area contributed by atoms with E-state index in [4.69, 9.17) is 9.47 Å². The number of unbranched alkanes of at least 4 members (excludes halogenated alkanes) is 20. The molecule has 0 aliphatic heterocycles. The molecule has 1 atom stereocenters. The van der Waals surface area contributed by atoms with E-state index in [9.17, 15) is 14.7 Å². The number of carbonyl (C=O) groups is 2. The summed E-state index contributed by atoms with van der Waals surface area (Å²) in [6.45, 7) is 4.10. The number of carbonyl (C=O) groups excluding carboxylic acids is 2. The van der Waals surface area contributed by atoms with E-state index in [0.717, 1.165) is 38.5 Å². The molecule has 1 unspecified atom stereocenters. The van der Waals surface area contributed by atoms with Crippen LogP contribution in [0.15, 0.2) is 0 Å². The first-order valence-corrected chi connectivity index (χ1v) is 15.6. The Kier molecular flexibility index (Phi) is 27.6. The number of aliphatic hydroxyl groups excluding tert-OH is 1. The van der Waals surface area contributed by atoms with E-state index in [1.807, 2.05) is 0 Å². The van der Waals surface area contributed by atoms with Crippen molar-refractivity contribution in [3.8, 4) is 0 Å². The summed E-state index contributed by atoms with van der Waals surface area (Å²) >= 11 is 0. The standard InChI is InChI=1S/C31H60O5/c1-3-5-7-9-11-13-14-15-16-18-20-22-24-26-31(34)36-29(27-32)28-35-30(33)25-23-21-19-17-12-10-8-6-4-2/h29,32H,3-28H2,1-2H3. The van der Waals surface area contributed by atoms with Gasteiger partial charge >= 0.3 is 11.9 Å².